The van der Waals surface area contributed by atoms with Gasteiger partial charge in [0, 0.05) is 18.3 Å². The standard InChI is InChI=1S/C15H16N2O3/c1-11(18)12-5-3-6-13(9-12)16-15(19)17(2)10-14-7-4-8-20-14/h3-9H,10H2,1-2H3,(H,16,19). The first-order valence-corrected chi connectivity index (χ1v) is 6.22. The van der Waals surface area contributed by atoms with Gasteiger partial charge in [0.2, 0.25) is 0 Å². The minimum Gasteiger partial charge on any atom is -0.467 e. The highest BCUT2D eigenvalue weighted by atomic mass is 16.3. The molecule has 20 heavy (non-hydrogen) atoms. The quantitative estimate of drug-likeness (QED) is 0.870. The second-order valence-corrected chi connectivity index (χ2v) is 4.50. The van der Waals surface area contributed by atoms with Crippen LogP contribution in [0.2, 0.25) is 0 Å². The van der Waals surface area contributed by atoms with Gasteiger partial charge in [0.1, 0.15) is 5.76 Å². The van der Waals surface area contributed by atoms with E-state index >= 15 is 0 Å². The molecule has 5 nitrogen and oxygen atoms in total. The Morgan fingerprint density at radius 1 is 1.25 bits per heavy atom. The maximum Gasteiger partial charge on any atom is 0.321 e. The van der Waals surface area contributed by atoms with Crippen LogP contribution in [0.15, 0.2) is 47.1 Å². The Morgan fingerprint density at radius 3 is 2.70 bits per heavy atom. The van der Waals surface area contributed by atoms with Crippen LogP contribution in [0.4, 0.5) is 10.5 Å². The molecule has 2 rings (SSSR count). The fraction of sp³-hybridized carbons (Fsp3) is 0.200. The third-order valence-electron chi connectivity index (χ3n) is 2.84. The summed E-state index contributed by atoms with van der Waals surface area (Å²) in [6.07, 6.45) is 1.57. The van der Waals surface area contributed by atoms with Crippen molar-refractivity contribution in [3.8, 4) is 0 Å². The summed E-state index contributed by atoms with van der Waals surface area (Å²) in [6, 6.07) is 10.2. The molecule has 0 saturated carbocycles. The van der Waals surface area contributed by atoms with E-state index in [0.29, 0.717) is 23.6 Å². The molecule has 0 fully saturated rings. The van der Waals surface area contributed by atoms with Gasteiger partial charge in [-0.1, -0.05) is 12.1 Å². The minimum absolute atomic E-state index is 0.0370. The van der Waals surface area contributed by atoms with E-state index in [1.165, 1.54) is 11.8 Å². The van der Waals surface area contributed by atoms with Crippen LogP contribution >= 0.6 is 0 Å². The summed E-state index contributed by atoms with van der Waals surface area (Å²) in [7, 11) is 1.67. The van der Waals surface area contributed by atoms with Crippen molar-refractivity contribution < 1.29 is 14.0 Å². The average molecular weight is 272 g/mol. The molecule has 0 saturated heterocycles. The zero-order chi connectivity index (χ0) is 14.5. The molecule has 0 spiro atoms. The van der Waals surface area contributed by atoms with Gasteiger partial charge in [0.05, 0.1) is 12.8 Å². The van der Waals surface area contributed by atoms with E-state index in [4.69, 9.17) is 4.42 Å². The number of benzene rings is 1. The number of carbonyl (C=O) groups is 2. The molecule has 104 valence electrons. The van der Waals surface area contributed by atoms with Crippen molar-refractivity contribution in [2.45, 2.75) is 13.5 Å². The van der Waals surface area contributed by atoms with Gasteiger partial charge < -0.3 is 14.6 Å². The van der Waals surface area contributed by atoms with Gasteiger partial charge in [0.15, 0.2) is 5.78 Å². The maximum atomic E-state index is 12.0. The summed E-state index contributed by atoms with van der Waals surface area (Å²) >= 11 is 0. The third kappa shape index (κ3) is 3.47. The molecule has 0 aliphatic carbocycles. The molecule has 1 N–H and O–H groups in total. The summed E-state index contributed by atoms with van der Waals surface area (Å²) < 4.78 is 5.19. The van der Waals surface area contributed by atoms with Gasteiger partial charge in [-0.25, -0.2) is 4.79 Å². The number of amides is 2. The van der Waals surface area contributed by atoms with Crippen LogP contribution in [0, 0.1) is 0 Å². The smallest absolute Gasteiger partial charge is 0.321 e. The summed E-state index contributed by atoms with van der Waals surface area (Å²) in [6.45, 7) is 1.87. The summed E-state index contributed by atoms with van der Waals surface area (Å²) in [4.78, 5) is 24.8. The van der Waals surface area contributed by atoms with Crippen LogP contribution < -0.4 is 5.32 Å². The van der Waals surface area contributed by atoms with Crippen molar-refractivity contribution in [3.63, 3.8) is 0 Å². The number of hydrogen-bond donors (Lipinski definition) is 1. The first-order valence-electron chi connectivity index (χ1n) is 6.22. The van der Waals surface area contributed by atoms with E-state index in [9.17, 15) is 9.59 Å². The van der Waals surface area contributed by atoms with Gasteiger partial charge in [-0.05, 0) is 31.2 Å². The Hall–Kier alpha value is -2.56. The molecule has 1 heterocycles. The lowest BCUT2D eigenvalue weighted by Crippen LogP contribution is -2.30. The van der Waals surface area contributed by atoms with Gasteiger partial charge in [-0.2, -0.15) is 0 Å². The predicted octanol–water partition coefficient (Wildman–Crippen LogP) is 3.15. The number of rotatable bonds is 4. The second-order valence-electron chi connectivity index (χ2n) is 4.50. The molecule has 0 atom stereocenters. The second kappa shape index (κ2) is 6.06. The highest BCUT2D eigenvalue weighted by molar-refractivity contribution is 5.96. The fourth-order valence-electron chi connectivity index (χ4n) is 1.74. The number of ketones is 1. The molecule has 0 radical (unpaired) electrons. The van der Waals surface area contributed by atoms with Crippen LogP contribution in [-0.4, -0.2) is 23.8 Å². The molecule has 0 bridgehead atoms. The van der Waals surface area contributed by atoms with Crippen molar-refractivity contribution in [2.24, 2.45) is 0 Å². The van der Waals surface area contributed by atoms with Gasteiger partial charge >= 0.3 is 6.03 Å². The highest BCUT2D eigenvalue weighted by Gasteiger charge is 2.11. The number of urea groups is 1. The normalized spacial score (nSPS) is 10.1. The molecule has 5 heteroatoms. The molecule has 2 aromatic rings. The van der Waals surface area contributed by atoms with Crippen LogP contribution in [-0.2, 0) is 6.54 Å². The molecule has 2 amide bonds. The third-order valence-corrected chi connectivity index (χ3v) is 2.84. The summed E-state index contributed by atoms with van der Waals surface area (Å²) in [5.74, 6) is 0.671. The van der Waals surface area contributed by atoms with E-state index in [1.807, 2.05) is 0 Å². The van der Waals surface area contributed by atoms with Gasteiger partial charge in [-0.15, -0.1) is 0 Å². The van der Waals surface area contributed by atoms with Gasteiger partial charge in [-0.3, -0.25) is 4.79 Å². The van der Waals surface area contributed by atoms with Crippen molar-refractivity contribution in [1.29, 1.82) is 0 Å². The molecule has 0 unspecified atom stereocenters. The molecule has 0 aliphatic rings. The predicted molar refractivity (Wildman–Crippen MR) is 75.6 cm³/mol. The molecule has 1 aromatic heterocycles. The molecular weight excluding hydrogens is 256 g/mol. The number of carbonyl (C=O) groups excluding carboxylic acids is 2. The van der Waals surface area contributed by atoms with Crippen molar-refractivity contribution >= 4 is 17.5 Å². The minimum atomic E-state index is -0.262. The first-order chi connectivity index (χ1) is 9.56. The number of anilines is 1. The zero-order valence-corrected chi connectivity index (χ0v) is 11.4. The van der Waals surface area contributed by atoms with E-state index in [2.05, 4.69) is 5.32 Å². The average Bonchev–Trinajstić information content (AvgIpc) is 2.91. The number of furan rings is 1. The summed E-state index contributed by atoms with van der Waals surface area (Å²) in [5, 5.41) is 2.74. The Labute approximate surface area is 117 Å². The molecule has 0 aliphatic heterocycles. The number of Topliss-reactive ketones (excluding diaryl/α,β-unsaturated/α-hetero) is 1. The topological polar surface area (TPSA) is 62.6 Å². The summed E-state index contributed by atoms with van der Waals surface area (Å²) in [5.41, 5.74) is 1.16. The lowest BCUT2D eigenvalue weighted by Gasteiger charge is -2.16. The zero-order valence-electron chi connectivity index (χ0n) is 11.4. The Morgan fingerprint density at radius 2 is 2.05 bits per heavy atom. The fourth-order valence-corrected chi connectivity index (χ4v) is 1.74. The molecule has 1 aromatic carbocycles. The van der Waals surface area contributed by atoms with Crippen molar-refractivity contribution in [3.05, 3.63) is 54.0 Å². The largest absolute Gasteiger partial charge is 0.467 e. The lowest BCUT2D eigenvalue weighted by atomic mass is 10.1. The molecular formula is C15H16N2O3. The van der Waals surface area contributed by atoms with Crippen LogP contribution in [0.3, 0.4) is 0 Å². The Bertz CT molecular complexity index is 605. The van der Waals surface area contributed by atoms with E-state index in [-0.39, 0.29) is 11.8 Å². The lowest BCUT2D eigenvalue weighted by molar-refractivity contribution is 0.101. The highest BCUT2D eigenvalue weighted by Crippen LogP contribution is 2.12. The number of hydrogen-bond acceptors (Lipinski definition) is 3. The first kappa shape index (κ1) is 13.9. The van der Waals surface area contributed by atoms with Crippen molar-refractivity contribution in [2.75, 3.05) is 12.4 Å². The maximum absolute atomic E-state index is 12.0. The van der Waals surface area contributed by atoms with E-state index in [1.54, 1.807) is 49.7 Å². The number of nitrogens with one attached hydrogen (secondary N) is 1. The van der Waals surface area contributed by atoms with E-state index in [0.717, 1.165) is 0 Å². The van der Waals surface area contributed by atoms with Crippen LogP contribution in [0.1, 0.15) is 23.0 Å². The van der Waals surface area contributed by atoms with Crippen LogP contribution in [0.25, 0.3) is 0 Å². The Balaban J connectivity index is 2.00. The monoisotopic (exact) mass is 272 g/mol. The Kier molecular flexibility index (Phi) is 4.20. The van der Waals surface area contributed by atoms with Crippen molar-refractivity contribution in [1.82, 2.24) is 4.90 Å². The van der Waals surface area contributed by atoms with Gasteiger partial charge in [0.25, 0.3) is 0 Å². The number of nitrogens with zero attached hydrogens (tertiary/aromatic N) is 1. The van der Waals surface area contributed by atoms with E-state index < -0.39 is 0 Å². The van der Waals surface area contributed by atoms with Crippen LogP contribution in [0.5, 0.6) is 0 Å². The SMILES string of the molecule is CC(=O)c1cccc(NC(=O)N(C)Cc2ccco2)c1.